The summed E-state index contributed by atoms with van der Waals surface area (Å²) in [6, 6.07) is 0. The molecule has 5 rings (SSSR count). The second-order valence-electron chi connectivity index (χ2n) is 9.00. The average molecular weight is 442 g/mol. The second-order valence-corrected chi connectivity index (χ2v) is 10.2. The van der Waals surface area contributed by atoms with E-state index < -0.39 is 0 Å². The Hall–Kier alpha value is -2.26. The van der Waals surface area contributed by atoms with Crippen molar-refractivity contribution in [1.29, 1.82) is 0 Å². The van der Waals surface area contributed by atoms with Crippen molar-refractivity contribution in [3.05, 3.63) is 22.2 Å². The first-order chi connectivity index (χ1) is 15.0. The number of hydrogen-bond donors (Lipinski definition) is 0. The molecule has 9 heteroatoms. The van der Waals surface area contributed by atoms with Gasteiger partial charge in [0.05, 0.1) is 11.9 Å². The highest BCUT2D eigenvalue weighted by Crippen LogP contribution is 2.38. The zero-order valence-corrected chi connectivity index (χ0v) is 19.7. The van der Waals surface area contributed by atoms with Crippen molar-refractivity contribution in [2.24, 2.45) is 0 Å². The molecule has 8 nitrogen and oxygen atoms in total. The summed E-state index contributed by atoms with van der Waals surface area (Å²) < 4.78 is 5.54. The molecule has 2 aliphatic heterocycles. The normalized spacial score (nSPS) is 18.4. The molecule has 3 aromatic heterocycles. The second kappa shape index (κ2) is 8.35. The van der Waals surface area contributed by atoms with Crippen LogP contribution < -0.4 is 9.80 Å². The van der Waals surface area contributed by atoms with Gasteiger partial charge in [0.25, 0.3) is 5.95 Å². The van der Waals surface area contributed by atoms with Crippen molar-refractivity contribution in [1.82, 2.24) is 25.0 Å². The van der Waals surface area contributed by atoms with E-state index in [9.17, 15) is 0 Å². The van der Waals surface area contributed by atoms with Gasteiger partial charge in [-0.25, -0.2) is 9.97 Å². The van der Waals surface area contributed by atoms with Gasteiger partial charge in [0.15, 0.2) is 0 Å². The van der Waals surface area contributed by atoms with Crippen LogP contribution in [0, 0.1) is 13.8 Å². The van der Waals surface area contributed by atoms with Crippen LogP contribution >= 0.6 is 11.3 Å². The quantitative estimate of drug-likeness (QED) is 0.593. The van der Waals surface area contributed by atoms with E-state index in [0.29, 0.717) is 11.9 Å². The summed E-state index contributed by atoms with van der Waals surface area (Å²) in [6.07, 6.45) is 4.55. The van der Waals surface area contributed by atoms with Crippen molar-refractivity contribution in [3.63, 3.8) is 0 Å². The summed E-state index contributed by atoms with van der Waals surface area (Å²) in [5, 5.41) is 5.32. The predicted octanol–water partition coefficient (Wildman–Crippen LogP) is 3.74. The molecule has 5 heterocycles. The Bertz CT molecular complexity index is 1060. The van der Waals surface area contributed by atoms with Gasteiger partial charge in [-0.2, -0.15) is 4.98 Å². The van der Waals surface area contributed by atoms with Crippen LogP contribution in [0.5, 0.6) is 0 Å². The summed E-state index contributed by atoms with van der Waals surface area (Å²) in [5.74, 6) is 3.78. The van der Waals surface area contributed by atoms with Gasteiger partial charge in [-0.15, -0.1) is 11.3 Å². The molecule has 0 N–H and O–H groups in total. The molecule has 0 saturated carbocycles. The topological polar surface area (TPSA) is 74.4 Å². The van der Waals surface area contributed by atoms with Crippen LogP contribution in [0.3, 0.4) is 0 Å². The number of fused-ring (bicyclic) bond motifs is 1. The predicted molar refractivity (Wildman–Crippen MR) is 124 cm³/mol. The Kier molecular flexibility index (Phi) is 5.56. The van der Waals surface area contributed by atoms with Gasteiger partial charge in [-0.1, -0.05) is 0 Å². The lowest BCUT2D eigenvalue weighted by atomic mass is 9.96. The number of anilines is 2. The molecule has 0 aliphatic carbocycles. The summed E-state index contributed by atoms with van der Waals surface area (Å²) >= 11 is 1.80. The molecule has 0 amide bonds. The molecule has 0 aromatic carbocycles. The number of aromatic nitrogens is 4. The van der Waals surface area contributed by atoms with Crippen LogP contribution in [0.15, 0.2) is 4.52 Å². The van der Waals surface area contributed by atoms with Gasteiger partial charge in [0.1, 0.15) is 16.5 Å². The number of likely N-dealkylation sites (tertiary alicyclic amines) is 1. The Balaban J connectivity index is 1.39. The molecular weight excluding hydrogens is 410 g/mol. The zero-order valence-electron chi connectivity index (χ0n) is 18.9. The van der Waals surface area contributed by atoms with E-state index in [4.69, 9.17) is 14.5 Å². The molecule has 3 aromatic rings. The maximum Gasteiger partial charge on any atom is 0.265 e. The fourth-order valence-corrected chi connectivity index (χ4v) is 5.67. The molecule has 0 atom stereocenters. The van der Waals surface area contributed by atoms with Crippen LogP contribution in [0.4, 0.5) is 11.8 Å². The van der Waals surface area contributed by atoms with Gasteiger partial charge in [-0.3, -0.25) is 4.90 Å². The number of piperidine rings is 1. The number of nitrogens with zero attached hydrogens (tertiary/aromatic N) is 7. The van der Waals surface area contributed by atoms with Gasteiger partial charge in [0.2, 0.25) is 5.89 Å². The largest absolute Gasteiger partial charge is 0.356 e. The Morgan fingerprint density at radius 2 is 1.77 bits per heavy atom. The van der Waals surface area contributed by atoms with E-state index in [2.05, 4.69) is 33.8 Å². The van der Waals surface area contributed by atoms with Crippen LogP contribution in [0.1, 0.15) is 53.8 Å². The maximum atomic E-state index is 5.54. The molecule has 2 fully saturated rings. The monoisotopic (exact) mass is 441 g/mol. The van der Waals surface area contributed by atoms with Gasteiger partial charge < -0.3 is 14.3 Å². The van der Waals surface area contributed by atoms with Gasteiger partial charge in [-0.05, 0) is 63.3 Å². The van der Waals surface area contributed by atoms with E-state index in [1.807, 2.05) is 19.0 Å². The van der Waals surface area contributed by atoms with E-state index >= 15 is 0 Å². The molecule has 0 unspecified atom stereocenters. The molecule has 0 bridgehead atoms. The zero-order chi connectivity index (χ0) is 21.5. The highest BCUT2D eigenvalue weighted by Gasteiger charge is 2.28. The molecule has 2 saturated heterocycles. The standard InChI is InChI=1S/C22H31N7OS/c1-14-15(2)31-21-18(14)19(23-17(24-21)13-28-9-5-6-10-28)29-11-7-16(8-12-29)20-25-22(26-30-20)27(3)4/h16H,5-13H2,1-4H3. The summed E-state index contributed by atoms with van der Waals surface area (Å²) in [6.45, 7) is 9.44. The first-order valence-corrected chi connectivity index (χ1v) is 12.1. The Labute approximate surface area is 187 Å². The minimum atomic E-state index is 0.309. The van der Waals surface area contributed by atoms with Crippen molar-refractivity contribution in [3.8, 4) is 0 Å². The molecule has 31 heavy (non-hydrogen) atoms. The lowest BCUT2D eigenvalue weighted by molar-refractivity contribution is 0.322. The third-order valence-corrected chi connectivity index (χ3v) is 7.70. The van der Waals surface area contributed by atoms with E-state index in [0.717, 1.165) is 67.9 Å². The first-order valence-electron chi connectivity index (χ1n) is 11.2. The number of aryl methyl sites for hydroxylation is 2. The summed E-state index contributed by atoms with van der Waals surface area (Å²) in [5.41, 5.74) is 1.32. The van der Waals surface area contributed by atoms with Crippen LogP contribution in [0.25, 0.3) is 10.2 Å². The minimum Gasteiger partial charge on any atom is -0.356 e. The van der Waals surface area contributed by atoms with Crippen molar-refractivity contribution < 1.29 is 4.52 Å². The van der Waals surface area contributed by atoms with Crippen LogP contribution in [-0.4, -0.2) is 65.3 Å². The Morgan fingerprint density at radius 1 is 1.03 bits per heavy atom. The highest BCUT2D eigenvalue weighted by molar-refractivity contribution is 7.18. The molecule has 166 valence electrons. The van der Waals surface area contributed by atoms with Crippen LogP contribution in [0.2, 0.25) is 0 Å². The number of hydrogen-bond acceptors (Lipinski definition) is 9. The van der Waals surface area contributed by atoms with Gasteiger partial charge in [0, 0.05) is 38.0 Å². The molecule has 0 spiro atoms. The highest BCUT2D eigenvalue weighted by atomic mass is 32.1. The fraction of sp³-hybridized carbons (Fsp3) is 0.636. The van der Waals surface area contributed by atoms with Gasteiger partial charge >= 0.3 is 0 Å². The third-order valence-electron chi connectivity index (χ3n) is 6.59. The number of thiophene rings is 1. The first kappa shape index (κ1) is 20.6. The smallest absolute Gasteiger partial charge is 0.265 e. The average Bonchev–Trinajstić information content (AvgIpc) is 3.50. The number of rotatable bonds is 5. The third kappa shape index (κ3) is 4.01. The summed E-state index contributed by atoms with van der Waals surface area (Å²) in [7, 11) is 3.87. The van der Waals surface area contributed by atoms with E-state index in [1.54, 1.807) is 11.3 Å². The van der Waals surface area contributed by atoms with Crippen LogP contribution in [-0.2, 0) is 6.54 Å². The maximum absolute atomic E-state index is 5.54. The minimum absolute atomic E-state index is 0.309. The SMILES string of the molecule is Cc1sc2nc(CN3CCCC3)nc(N3CCC(c4nc(N(C)C)no4)CC3)c2c1C. The lowest BCUT2D eigenvalue weighted by Crippen LogP contribution is -2.34. The Morgan fingerprint density at radius 3 is 2.45 bits per heavy atom. The van der Waals surface area contributed by atoms with Crippen molar-refractivity contribution >= 4 is 33.3 Å². The lowest BCUT2D eigenvalue weighted by Gasteiger charge is -2.32. The fourth-order valence-electron chi connectivity index (χ4n) is 4.62. The van der Waals surface area contributed by atoms with Crippen molar-refractivity contribution in [2.75, 3.05) is 50.1 Å². The summed E-state index contributed by atoms with van der Waals surface area (Å²) in [4.78, 5) is 23.9. The van der Waals surface area contributed by atoms with Crippen molar-refractivity contribution in [2.45, 2.75) is 52.0 Å². The molecular formula is C22H31N7OS. The molecule has 0 radical (unpaired) electrons. The van der Waals surface area contributed by atoms with E-state index in [1.165, 1.54) is 28.7 Å². The van der Waals surface area contributed by atoms with E-state index in [-0.39, 0.29) is 0 Å². The molecule has 2 aliphatic rings.